The second kappa shape index (κ2) is 4.45. The number of β-amino-alcohol motifs (C(OH)–C–C–N with tert-alkyl or cyclic N) is 1. The highest BCUT2D eigenvalue weighted by atomic mass is 16.5. The fourth-order valence-electron chi connectivity index (χ4n) is 1.69. The Morgan fingerprint density at radius 1 is 1.47 bits per heavy atom. The molecule has 0 unspecified atom stereocenters. The monoisotopic (exact) mass is 214 g/mol. The van der Waals surface area contributed by atoms with Crippen LogP contribution in [0.3, 0.4) is 0 Å². The third kappa shape index (κ3) is 2.37. The summed E-state index contributed by atoms with van der Waals surface area (Å²) < 4.78 is 4.79. The molecule has 1 aliphatic heterocycles. The largest absolute Gasteiger partial charge is 0.395 e. The number of rotatable bonds is 3. The number of nitrogens with two attached hydrogens (primary N) is 1. The van der Waals surface area contributed by atoms with Crippen LogP contribution in [0.1, 0.15) is 0 Å². The number of hydrogen-bond donors (Lipinski definition) is 2. The summed E-state index contributed by atoms with van der Waals surface area (Å²) in [5.41, 5.74) is 5.44. The van der Waals surface area contributed by atoms with Crippen LogP contribution in [0.25, 0.3) is 0 Å². The average Bonchev–Trinajstić information content (AvgIpc) is 2.67. The van der Waals surface area contributed by atoms with Crippen LogP contribution in [0.15, 0.2) is 10.7 Å². The van der Waals surface area contributed by atoms with E-state index in [1.807, 2.05) is 5.01 Å². The molecule has 2 heterocycles. The Labute approximate surface area is 87.6 Å². The fourth-order valence-corrected chi connectivity index (χ4v) is 1.69. The lowest BCUT2D eigenvalue weighted by atomic mass is 10.3. The molecule has 0 saturated carbocycles. The van der Waals surface area contributed by atoms with Crippen LogP contribution in [0, 0.1) is 0 Å². The predicted octanol–water partition coefficient (Wildman–Crippen LogP) is -2.21. The molecule has 1 fully saturated rings. The van der Waals surface area contributed by atoms with Crippen LogP contribution in [-0.4, -0.2) is 54.6 Å². The molecule has 0 amide bonds. The van der Waals surface area contributed by atoms with Crippen LogP contribution < -0.4 is 15.5 Å². The molecule has 0 spiro atoms. The van der Waals surface area contributed by atoms with Gasteiger partial charge in [0.1, 0.15) is 0 Å². The third-order valence-corrected chi connectivity index (χ3v) is 2.53. The number of aromatic nitrogens is 2. The smallest absolute Gasteiger partial charge is 0.296 e. The minimum Gasteiger partial charge on any atom is -0.395 e. The molecule has 2 rings (SSSR count). The second-order valence-corrected chi connectivity index (χ2v) is 3.54. The Morgan fingerprint density at radius 2 is 2.20 bits per heavy atom. The zero-order valence-corrected chi connectivity index (χ0v) is 8.54. The number of hydrogen-bond acceptors (Lipinski definition) is 6. The van der Waals surface area contributed by atoms with Crippen LogP contribution in [0.4, 0.5) is 5.88 Å². The Kier molecular flexibility index (Phi) is 3.02. The SMILES string of the molecule is Nc1c[n+](N2CCN(CCO)CC2)no1. The van der Waals surface area contributed by atoms with E-state index in [-0.39, 0.29) is 6.61 Å². The van der Waals surface area contributed by atoms with Crippen LogP contribution >= 0.6 is 0 Å². The minimum absolute atomic E-state index is 0.212. The lowest BCUT2D eigenvalue weighted by Crippen LogP contribution is -2.65. The summed E-state index contributed by atoms with van der Waals surface area (Å²) in [6.45, 7) is 4.50. The average molecular weight is 214 g/mol. The highest BCUT2D eigenvalue weighted by Gasteiger charge is 2.24. The number of nitrogens with zero attached hydrogens (tertiary/aromatic N) is 4. The molecule has 1 aromatic heterocycles. The zero-order chi connectivity index (χ0) is 10.7. The summed E-state index contributed by atoms with van der Waals surface area (Å²) in [5.74, 6) is 0.313. The van der Waals surface area contributed by atoms with Crippen molar-refractivity contribution in [3.8, 4) is 0 Å². The first-order valence-electron chi connectivity index (χ1n) is 5.02. The first kappa shape index (κ1) is 10.2. The van der Waals surface area contributed by atoms with Crippen molar-refractivity contribution < 1.29 is 14.4 Å². The molecule has 7 heteroatoms. The molecular weight excluding hydrogens is 198 g/mol. The maximum Gasteiger partial charge on any atom is 0.296 e. The first-order valence-corrected chi connectivity index (χ1v) is 5.02. The third-order valence-electron chi connectivity index (χ3n) is 2.53. The van der Waals surface area contributed by atoms with Gasteiger partial charge in [0, 0.05) is 19.6 Å². The van der Waals surface area contributed by atoms with E-state index in [0.29, 0.717) is 5.88 Å². The quantitative estimate of drug-likeness (QED) is 0.555. The van der Waals surface area contributed by atoms with Crippen LogP contribution in [-0.2, 0) is 0 Å². The number of nitrogen functional groups attached to an aromatic ring is 1. The van der Waals surface area contributed by atoms with Gasteiger partial charge in [0.2, 0.25) is 5.27 Å². The van der Waals surface area contributed by atoms with Crippen molar-refractivity contribution in [1.82, 2.24) is 10.2 Å². The molecule has 0 aromatic carbocycles. The van der Waals surface area contributed by atoms with Gasteiger partial charge in [-0.2, -0.15) is 5.01 Å². The molecule has 1 saturated heterocycles. The van der Waals surface area contributed by atoms with Gasteiger partial charge < -0.3 is 10.8 Å². The van der Waals surface area contributed by atoms with Gasteiger partial charge in [-0.1, -0.05) is 0 Å². The van der Waals surface area contributed by atoms with E-state index in [9.17, 15) is 0 Å². The maximum absolute atomic E-state index is 8.80. The molecule has 1 aromatic rings. The van der Waals surface area contributed by atoms with Crippen molar-refractivity contribution in [3.63, 3.8) is 0 Å². The van der Waals surface area contributed by atoms with Gasteiger partial charge in [-0.15, -0.1) is 0 Å². The molecule has 15 heavy (non-hydrogen) atoms. The number of anilines is 1. The van der Waals surface area contributed by atoms with Crippen molar-refractivity contribution in [2.75, 3.05) is 50.1 Å². The van der Waals surface area contributed by atoms with E-state index in [1.54, 1.807) is 11.0 Å². The molecule has 0 bridgehead atoms. The van der Waals surface area contributed by atoms with E-state index in [2.05, 4.69) is 10.2 Å². The summed E-state index contributed by atoms with van der Waals surface area (Å²) in [4.78, 5) is 3.84. The van der Waals surface area contributed by atoms with E-state index in [4.69, 9.17) is 15.4 Å². The van der Waals surface area contributed by atoms with E-state index < -0.39 is 0 Å². The molecule has 0 aliphatic carbocycles. The molecule has 0 atom stereocenters. The van der Waals surface area contributed by atoms with Gasteiger partial charge in [0.15, 0.2) is 0 Å². The zero-order valence-electron chi connectivity index (χ0n) is 8.54. The molecule has 0 radical (unpaired) electrons. The molecular formula is C8H16N5O2+. The number of aliphatic hydroxyl groups is 1. The minimum atomic E-state index is 0.212. The van der Waals surface area contributed by atoms with E-state index >= 15 is 0 Å². The van der Waals surface area contributed by atoms with Crippen molar-refractivity contribution in [3.05, 3.63) is 6.20 Å². The Hall–Kier alpha value is -1.34. The summed E-state index contributed by atoms with van der Waals surface area (Å²) >= 11 is 0. The predicted molar refractivity (Wildman–Crippen MR) is 52.6 cm³/mol. The summed E-state index contributed by atoms with van der Waals surface area (Å²) in [7, 11) is 0. The highest BCUT2D eigenvalue weighted by molar-refractivity contribution is 5.11. The highest BCUT2D eigenvalue weighted by Crippen LogP contribution is 1.97. The molecule has 7 nitrogen and oxygen atoms in total. The molecule has 84 valence electrons. The molecule has 3 N–H and O–H groups in total. The molecule has 1 aliphatic rings. The topological polar surface area (TPSA) is 82.6 Å². The van der Waals surface area contributed by atoms with Gasteiger partial charge in [0.25, 0.3) is 12.1 Å². The van der Waals surface area contributed by atoms with Crippen LogP contribution in [0.2, 0.25) is 0 Å². The second-order valence-electron chi connectivity index (χ2n) is 3.54. The fraction of sp³-hybridized carbons (Fsp3) is 0.750. The van der Waals surface area contributed by atoms with E-state index in [1.165, 1.54) is 0 Å². The maximum atomic E-state index is 8.80. The Bertz CT molecular complexity index is 308. The van der Waals surface area contributed by atoms with Crippen molar-refractivity contribution in [2.45, 2.75) is 0 Å². The van der Waals surface area contributed by atoms with Crippen LogP contribution in [0.5, 0.6) is 0 Å². The van der Waals surface area contributed by atoms with Gasteiger partial charge in [-0.25, -0.2) is 0 Å². The first-order chi connectivity index (χ1) is 7.29. The van der Waals surface area contributed by atoms with Crippen molar-refractivity contribution in [1.29, 1.82) is 0 Å². The Morgan fingerprint density at radius 3 is 2.73 bits per heavy atom. The summed E-state index contributed by atoms with van der Waals surface area (Å²) in [5, 5.41) is 14.6. The van der Waals surface area contributed by atoms with Gasteiger partial charge in [0.05, 0.1) is 24.5 Å². The van der Waals surface area contributed by atoms with E-state index in [0.717, 1.165) is 32.7 Å². The lowest BCUT2D eigenvalue weighted by Gasteiger charge is -2.29. The van der Waals surface area contributed by atoms with Gasteiger partial charge in [-0.3, -0.25) is 9.42 Å². The summed E-state index contributed by atoms with van der Waals surface area (Å²) in [6.07, 6.45) is 1.65. The lowest BCUT2D eigenvalue weighted by molar-refractivity contribution is -0.759. The standard InChI is InChI=1S/C8H16N5O2/c9-8-7-13(10-15-8)12-3-1-11(2-4-12)5-6-14/h7,14H,1-6,9H2/q+1. The number of aliphatic hydroxyl groups excluding tert-OH is 1. The van der Waals surface area contributed by atoms with Crippen molar-refractivity contribution in [2.24, 2.45) is 0 Å². The summed E-state index contributed by atoms with van der Waals surface area (Å²) in [6, 6.07) is 0. The Balaban J connectivity index is 1.88. The number of piperazine rings is 1. The normalized spacial score (nSPS) is 18.3. The van der Waals surface area contributed by atoms with Gasteiger partial charge in [-0.05, 0) is 0 Å². The van der Waals surface area contributed by atoms with Crippen molar-refractivity contribution >= 4 is 5.88 Å². The van der Waals surface area contributed by atoms with Gasteiger partial charge >= 0.3 is 0 Å².